The molecule has 0 unspecified atom stereocenters. The number of aryl methyl sites for hydroxylation is 2. The minimum absolute atomic E-state index is 0.290. The molecule has 0 spiro atoms. The van der Waals surface area contributed by atoms with Gasteiger partial charge in [-0.15, -0.1) is 0 Å². The first-order valence-electron chi connectivity index (χ1n) is 16.4. The number of carbonyl (C=O) groups excluding carboxylic acids is 1. The molecule has 2 heterocycles. The highest BCUT2D eigenvalue weighted by Crippen LogP contribution is 2.41. The number of nitrogens with one attached hydrogen (secondary N) is 1. The van der Waals surface area contributed by atoms with Crippen molar-refractivity contribution in [2.75, 3.05) is 59.3 Å². The van der Waals surface area contributed by atoms with Crippen LogP contribution < -0.4 is 19.5 Å². The molecule has 8 nitrogen and oxygen atoms in total. The fraction of sp³-hybridized carbons (Fsp3) is 0.308. The Morgan fingerprint density at radius 1 is 0.812 bits per heavy atom. The van der Waals surface area contributed by atoms with E-state index in [1.807, 2.05) is 6.07 Å². The Kier molecular flexibility index (Phi) is 9.98. The van der Waals surface area contributed by atoms with Gasteiger partial charge in [0.25, 0.3) is 5.91 Å². The van der Waals surface area contributed by atoms with Gasteiger partial charge in [-0.1, -0.05) is 12.1 Å². The Labute approximate surface area is 281 Å². The zero-order chi connectivity index (χ0) is 33.8. The molecular formula is C39H43FN4O4. The van der Waals surface area contributed by atoms with Crippen molar-refractivity contribution < 1.29 is 23.4 Å². The van der Waals surface area contributed by atoms with Gasteiger partial charge < -0.3 is 33.9 Å². The molecule has 0 aliphatic carbocycles. The average Bonchev–Trinajstić information content (AvgIpc) is 3.33. The van der Waals surface area contributed by atoms with Gasteiger partial charge in [0.15, 0.2) is 0 Å². The summed E-state index contributed by atoms with van der Waals surface area (Å²) >= 11 is 0. The second-order valence-corrected chi connectivity index (χ2v) is 12.4. The number of carbonyl (C=O) groups is 1. The third-order valence-electron chi connectivity index (χ3n) is 9.31. The first-order valence-corrected chi connectivity index (χ1v) is 16.4. The summed E-state index contributed by atoms with van der Waals surface area (Å²) in [5.41, 5.74) is 6.15. The average molecular weight is 651 g/mol. The fourth-order valence-electron chi connectivity index (χ4n) is 6.40. The van der Waals surface area contributed by atoms with E-state index in [1.54, 1.807) is 62.8 Å². The van der Waals surface area contributed by atoms with E-state index in [9.17, 15) is 9.18 Å². The maximum absolute atomic E-state index is 13.5. The molecule has 1 N–H and O–H groups in total. The molecule has 1 saturated heterocycles. The van der Waals surface area contributed by atoms with E-state index in [-0.39, 0.29) is 11.7 Å². The number of likely N-dealkylation sites (N-methyl/N-ethyl adjacent to an activating group) is 1. The molecule has 9 heteroatoms. The van der Waals surface area contributed by atoms with Crippen LogP contribution in [0.1, 0.15) is 28.0 Å². The molecule has 250 valence electrons. The number of ether oxygens (including phenoxy) is 3. The van der Waals surface area contributed by atoms with Gasteiger partial charge in [0.05, 0.1) is 19.8 Å². The molecule has 0 bridgehead atoms. The number of anilines is 1. The summed E-state index contributed by atoms with van der Waals surface area (Å²) in [6.45, 7) is 11.1. The van der Waals surface area contributed by atoms with Gasteiger partial charge in [-0.3, -0.25) is 4.79 Å². The number of benzene rings is 4. The van der Waals surface area contributed by atoms with Crippen molar-refractivity contribution in [3.05, 3.63) is 102 Å². The van der Waals surface area contributed by atoms with Crippen molar-refractivity contribution >= 4 is 22.5 Å². The van der Waals surface area contributed by atoms with Gasteiger partial charge in [0, 0.05) is 72.7 Å². The highest BCUT2D eigenvalue weighted by molar-refractivity contribution is 6.05. The molecule has 1 fully saturated rings. The third-order valence-corrected chi connectivity index (χ3v) is 9.31. The number of hydrogen-bond acceptors (Lipinski definition) is 6. The molecule has 4 aromatic carbocycles. The van der Waals surface area contributed by atoms with Crippen molar-refractivity contribution in [1.29, 1.82) is 0 Å². The number of methoxy groups -OCH3 is 2. The molecule has 1 aliphatic rings. The van der Waals surface area contributed by atoms with E-state index in [4.69, 9.17) is 14.2 Å². The van der Waals surface area contributed by atoms with Gasteiger partial charge in [-0.2, -0.15) is 0 Å². The second-order valence-electron chi connectivity index (χ2n) is 12.4. The van der Waals surface area contributed by atoms with Crippen LogP contribution in [0.15, 0.2) is 78.9 Å². The number of amides is 1. The molecule has 0 saturated carbocycles. The quantitative estimate of drug-likeness (QED) is 0.158. The van der Waals surface area contributed by atoms with Gasteiger partial charge >= 0.3 is 0 Å². The van der Waals surface area contributed by atoms with E-state index in [2.05, 4.69) is 52.7 Å². The SMILES string of the molecule is COc1cc(NC(=O)c2ccc(Oc3ccc4c(c3)c(C)c(C)n4CCCN3CCN(C)CC3)cc2)cc(OC)c1-c1ccc(F)cc1. The van der Waals surface area contributed by atoms with Crippen molar-refractivity contribution in [1.82, 2.24) is 14.4 Å². The topological polar surface area (TPSA) is 68.2 Å². The Bertz CT molecular complexity index is 1870. The first kappa shape index (κ1) is 33.1. The summed E-state index contributed by atoms with van der Waals surface area (Å²) in [5.74, 6) is 1.74. The summed E-state index contributed by atoms with van der Waals surface area (Å²) in [5, 5.41) is 4.12. The fourth-order valence-corrected chi connectivity index (χ4v) is 6.40. The van der Waals surface area contributed by atoms with Crippen LogP contribution in [-0.2, 0) is 6.54 Å². The molecule has 5 aromatic rings. The van der Waals surface area contributed by atoms with Gasteiger partial charge in [0.1, 0.15) is 28.8 Å². The Morgan fingerprint density at radius 3 is 2.10 bits per heavy atom. The van der Waals surface area contributed by atoms with Crippen LogP contribution in [0, 0.1) is 19.7 Å². The number of aromatic nitrogens is 1. The third kappa shape index (κ3) is 7.17. The summed E-state index contributed by atoms with van der Waals surface area (Å²) in [7, 11) is 5.27. The number of halogens is 1. The standard InChI is InChI=1S/C39H43FN4O4/c1-26-27(2)44(18-6-17-43-21-19-42(3)20-22-43)35-16-15-33(25-34(26)35)48-32-13-9-29(10-14-32)39(45)41-31-23-36(46-4)38(37(24-31)47-5)28-7-11-30(40)12-8-28/h7-16,23-25H,6,17-22H2,1-5H3,(H,41,45). The van der Waals surface area contributed by atoms with Crippen LogP contribution in [0.5, 0.6) is 23.0 Å². The van der Waals surface area contributed by atoms with Gasteiger partial charge in [0.2, 0.25) is 0 Å². The largest absolute Gasteiger partial charge is 0.496 e. The van der Waals surface area contributed by atoms with Crippen LogP contribution in [0.3, 0.4) is 0 Å². The lowest BCUT2D eigenvalue weighted by Gasteiger charge is -2.32. The molecule has 0 radical (unpaired) electrons. The normalized spacial score (nSPS) is 13.9. The van der Waals surface area contributed by atoms with Crippen LogP contribution >= 0.6 is 0 Å². The summed E-state index contributed by atoms with van der Waals surface area (Å²) < 4.78 is 33.4. The minimum atomic E-state index is -0.333. The summed E-state index contributed by atoms with van der Waals surface area (Å²) in [6, 6.07) is 22.8. The maximum atomic E-state index is 13.5. The highest BCUT2D eigenvalue weighted by atomic mass is 19.1. The zero-order valence-corrected chi connectivity index (χ0v) is 28.3. The molecular weight excluding hydrogens is 607 g/mol. The monoisotopic (exact) mass is 650 g/mol. The lowest BCUT2D eigenvalue weighted by Crippen LogP contribution is -2.44. The van der Waals surface area contributed by atoms with E-state index < -0.39 is 0 Å². The van der Waals surface area contributed by atoms with Crippen molar-refractivity contribution in [2.24, 2.45) is 0 Å². The van der Waals surface area contributed by atoms with Gasteiger partial charge in [-0.25, -0.2) is 4.39 Å². The zero-order valence-electron chi connectivity index (χ0n) is 28.3. The summed E-state index contributed by atoms with van der Waals surface area (Å²) in [6.07, 6.45) is 1.12. The molecule has 0 atom stereocenters. The predicted molar refractivity (Wildman–Crippen MR) is 189 cm³/mol. The number of rotatable bonds is 11. The van der Waals surface area contributed by atoms with Crippen LogP contribution in [-0.4, -0.2) is 74.3 Å². The molecule has 6 rings (SSSR count). The van der Waals surface area contributed by atoms with Crippen LogP contribution in [0.2, 0.25) is 0 Å². The van der Waals surface area contributed by atoms with Crippen molar-refractivity contribution in [3.63, 3.8) is 0 Å². The Hall–Kier alpha value is -4.86. The lowest BCUT2D eigenvalue weighted by molar-refractivity contribution is 0.102. The number of piperazine rings is 1. The summed E-state index contributed by atoms with van der Waals surface area (Å²) in [4.78, 5) is 18.1. The van der Waals surface area contributed by atoms with Gasteiger partial charge in [-0.05, 0) is 99.6 Å². The van der Waals surface area contributed by atoms with Crippen molar-refractivity contribution in [3.8, 4) is 34.1 Å². The Morgan fingerprint density at radius 2 is 1.46 bits per heavy atom. The lowest BCUT2D eigenvalue weighted by atomic mass is 10.0. The smallest absolute Gasteiger partial charge is 0.255 e. The maximum Gasteiger partial charge on any atom is 0.255 e. The Balaban J connectivity index is 1.11. The molecule has 48 heavy (non-hydrogen) atoms. The van der Waals surface area contributed by atoms with Crippen LogP contribution in [0.25, 0.3) is 22.0 Å². The highest BCUT2D eigenvalue weighted by Gasteiger charge is 2.18. The van der Waals surface area contributed by atoms with E-state index in [1.165, 1.54) is 34.3 Å². The minimum Gasteiger partial charge on any atom is -0.496 e. The van der Waals surface area contributed by atoms with Crippen LogP contribution in [0.4, 0.5) is 10.1 Å². The second kappa shape index (κ2) is 14.5. The van der Waals surface area contributed by atoms with E-state index in [0.29, 0.717) is 34.1 Å². The molecule has 1 amide bonds. The first-order chi connectivity index (χ1) is 23.2. The van der Waals surface area contributed by atoms with Crippen molar-refractivity contribution in [2.45, 2.75) is 26.8 Å². The number of hydrogen-bond donors (Lipinski definition) is 1. The molecule has 1 aromatic heterocycles. The van der Waals surface area contributed by atoms with E-state index >= 15 is 0 Å². The number of fused-ring (bicyclic) bond motifs is 1. The molecule has 1 aliphatic heterocycles. The predicted octanol–water partition coefficient (Wildman–Crippen LogP) is 7.76. The number of nitrogens with zero attached hydrogens (tertiary/aromatic N) is 3. The van der Waals surface area contributed by atoms with E-state index in [0.717, 1.165) is 57.0 Å².